The van der Waals surface area contributed by atoms with Crippen LogP contribution in [-0.2, 0) is 21.4 Å². The van der Waals surface area contributed by atoms with Crippen molar-refractivity contribution in [3.8, 4) is 5.75 Å². The maximum absolute atomic E-state index is 13.8. The number of amides is 1. The number of ether oxygens (including phenoxy) is 1. The van der Waals surface area contributed by atoms with Crippen molar-refractivity contribution >= 4 is 65.8 Å². The van der Waals surface area contributed by atoms with Gasteiger partial charge in [0.05, 0.1) is 34.5 Å². The molecule has 3 heterocycles. The summed E-state index contributed by atoms with van der Waals surface area (Å²) in [4.78, 5) is 20.3. The predicted molar refractivity (Wildman–Crippen MR) is 144 cm³/mol. The summed E-state index contributed by atoms with van der Waals surface area (Å²) < 4.78 is 39.2. The molecule has 12 heteroatoms. The lowest BCUT2D eigenvalue weighted by atomic mass is 9.96. The second-order valence-electron chi connectivity index (χ2n) is 8.56. The number of sulfonamides is 1. The SMILES string of the molecule is COc1ccc(Cl)c2sc(N(Cc3ccco3)C(=O)C3CCN(S(=O)(=O)c4ccc(Cl)cc4)CC3)nc12. The molecule has 1 fully saturated rings. The fraction of sp³-hybridized carbons (Fsp3) is 0.280. The van der Waals surface area contributed by atoms with E-state index in [1.165, 1.54) is 27.8 Å². The van der Waals surface area contributed by atoms with Crippen molar-refractivity contribution in [3.05, 3.63) is 70.6 Å². The minimum absolute atomic E-state index is 0.144. The summed E-state index contributed by atoms with van der Waals surface area (Å²) in [6, 6.07) is 13.1. The molecule has 0 saturated carbocycles. The van der Waals surface area contributed by atoms with E-state index in [1.807, 2.05) is 0 Å². The molecular weight excluding hydrogens is 557 g/mol. The molecule has 0 spiro atoms. The number of rotatable bonds is 7. The van der Waals surface area contributed by atoms with E-state index in [4.69, 9.17) is 37.3 Å². The lowest BCUT2D eigenvalue weighted by molar-refractivity contribution is -0.123. The van der Waals surface area contributed by atoms with E-state index >= 15 is 0 Å². The third-order valence-corrected chi connectivity index (χ3v) is 10.0. The van der Waals surface area contributed by atoms with Crippen molar-refractivity contribution in [1.82, 2.24) is 9.29 Å². The minimum atomic E-state index is -3.68. The third kappa shape index (κ3) is 5.21. The molecule has 0 unspecified atom stereocenters. The molecule has 0 bridgehead atoms. The van der Waals surface area contributed by atoms with E-state index in [-0.39, 0.29) is 36.4 Å². The Kier molecular flexibility index (Phi) is 7.46. The highest BCUT2D eigenvalue weighted by Gasteiger charge is 2.35. The first kappa shape index (κ1) is 26.0. The Morgan fingerprint density at radius 1 is 1.16 bits per heavy atom. The van der Waals surface area contributed by atoms with Crippen LogP contribution in [-0.4, -0.2) is 43.8 Å². The first-order valence-corrected chi connectivity index (χ1v) is 14.5. The van der Waals surface area contributed by atoms with Gasteiger partial charge in [-0.05, 0) is 61.4 Å². The molecule has 1 amide bonds. The Morgan fingerprint density at radius 3 is 2.54 bits per heavy atom. The first-order chi connectivity index (χ1) is 17.8. The predicted octanol–water partition coefficient (Wildman–Crippen LogP) is 5.84. The summed E-state index contributed by atoms with van der Waals surface area (Å²) in [5.41, 5.74) is 0.580. The molecule has 1 saturated heterocycles. The van der Waals surface area contributed by atoms with Gasteiger partial charge in [-0.1, -0.05) is 34.5 Å². The number of benzene rings is 2. The first-order valence-electron chi connectivity index (χ1n) is 11.5. The van der Waals surface area contributed by atoms with E-state index in [9.17, 15) is 13.2 Å². The van der Waals surface area contributed by atoms with Gasteiger partial charge in [-0.15, -0.1) is 0 Å². The largest absolute Gasteiger partial charge is 0.494 e. The molecule has 0 N–H and O–H groups in total. The molecule has 1 aliphatic rings. The van der Waals surface area contributed by atoms with Gasteiger partial charge < -0.3 is 9.15 Å². The van der Waals surface area contributed by atoms with Crippen molar-refractivity contribution in [2.24, 2.45) is 5.92 Å². The zero-order valence-electron chi connectivity index (χ0n) is 19.8. The topological polar surface area (TPSA) is 93.0 Å². The van der Waals surface area contributed by atoms with Gasteiger partial charge in [0.25, 0.3) is 0 Å². The molecule has 0 radical (unpaired) electrons. The van der Waals surface area contributed by atoms with Crippen LogP contribution < -0.4 is 9.64 Å². The number of carbonyl (C=O) groups is 1. The van der Waals surface area contributed by atoms with Gasteiger partial charge in [-0.3, -0.25) is 9.69 Å². The van der Waals surface area contributed by atoms with Crippen LogP contribution in [0.5, 0.6) is 5.75 Å². The number of thiazole rings is 1. The maximum Gasteiger partial charge on any atom is 0.243 e. The van der Waals surface area contributed by atoms with Crippen molar-refractivity contribution in [2.75, 3.05) is 25.1 Å². The summed E-state index contributed by atoms with van der Waals surface area (Å²) in [6.07, 6.45) is 2.32. The highest BCUT2D eigenvalue weighted by Crippen LogP contribution is 2.40. The summed E-state index contributed by atoms with van der Waals surface area (Å²) in [5.74, 6) is 0.645. The van der Waals surface area contributed by atoms with Gasteiger partial charge in [0.2, 0.25) is 15.9 Å². The molecule has 2 aromatic heterocycles. The Balaban J connectivity index is 1.39. The van der Waals surface area contributed by atoms with Crippen molar-refractivity contribution in [1.29, 1.82) is 0 Å². The number of hydrogen-bond donors (Lipinski definition) is 0. The van der Waals surface area contributed by atoms with Crippen LogP contribution in [0.2, 0.25) is 10.0 Å². The third-order valence-electron chi connectivity index (χ3n) is 6.31. The number of aromatic nitrogens is 1. The van der Waals surface area contributed by atoms with Crippen LogP contribution in [0.4, 0.5) is 5.13 Å². The van der Waals surface area contributed by atoms with Crippen LogP contribution in [0.25, 0.3) is 10.2 Å². The monoisotopic (exact) mass is 579 g/mol. The molecular formula is C25H23Cl2N3O5S2. The Bertz CT molecular complexity index is 1510. The molecule has 4 aromatic rings. The van der Waals surface area contributed by atoms with Crippen molar-refractivity contribution in [3.63, 3.8) is 0 Å². The van der Waals surface area contributed by atoms with Crippen LogP contribution in [0.3, 0.4) is 0 Å². The minimum Gasteiger partial charge on any atom is -0.494 e. The fourth-order valence-electron chi connectivity index (χ4n) is 4.34. The lowest BCUT2D eigenvalue weighted by Gasteiger charge is -2.32. The van der Waals surface area contributed by atoms with E-state index in [2.05, 4.69) is 0 Å². The molecule has 8 nitrogen and oxygen atoms in total. The molecule has 37 heavy (non-hydrogen) atoms. The van der Waals surface area contributed by atoms with Gasteiger partial charge >= 0.3 is 0 Å². The van der Waals surface area contributed by atoms with Crippen molar-refractivity contribution in [2.45, 2.75) is 24.3 Å². The maximum atomic E-state index is 13.8. The summed E-state index contributed by atoms with van der Waals surface area (Å²) in [7, 11) is -2.12. The van der Waals surface area contributed by atoms with E-state index < -0.39 is 10.0 Å². The van der Waals surface area contributed by atoms with Crippen LogP contribution in [0.15, 0.2) is 64.1 Å². The smallest absolute Gasteiger partial charge is 0.243 e. The normalized spacial score (nSPS) is 15.2. The average Bonchev–Trinajstić information content (AvgIpc) is 3.58. The number of anilines is 1. The van der Waals surface area contributed by atoms with Gasteiger partial charge in [0, 0.05) is 24.0 Å². The fourth-order valence-corrected chi connectivity index (χ4v) is 7.20. The highest BCUT2D eigenvalue weighted by molar-refractivity contribution is 7.89. The number of carbonyl (C=O) groups excluding carboxylic acids is 1. The number of hydrogen-bond acceptors (Lipinski definition) is 7. The standard InChI is InChI=1S/C25H23Cl2N3O5S2/c1-34-21-9-8-20(27)23-22(21)28-25(36-23)30(15-18-3-2-14-35-18)24(31)16-10-12-29(13-11-16)37(32,33)19-6-4-17(26)5-7-19/h2-9,14,16H,10-13,15H2,1H3. The zero-order valence-corrected chi connectivity index (χ0v) is 22.9. The quantitative estimate of drug-likeness (QED) is 0.273. The van der Waals surface area contributed by atoms with E-state index in [0.717, 1.165) is 4.70 Å². The highest BCUT2D eigenvalue weighted by atomic mass is 35.5. The molecule has 1 aliphatic heterocycles. The second kappa shape index (κ2) is 10.6. The lowest BCUT2D eigenvalue weighted by Crippen LogP contribution is -2.44. The number of nitrogens with zero attached hydrogens (tertiary/aromatic N) is 3. The Morgan fingerprint density at radius 2 is 1.89 bits per heavy atom. The van der Waals surface area contributed by atoms with Gasteiger partial charge in [-0.2, -0.15) is 4.31 Å². The second-order valence-corrected chi connectivity index (χ2v) is 12.3. The average molecular weight is 581 g/mol. The summed E-state index contributed by atoms with van der Waals surface area (Å²) in [5, 5.41) is 1.46. The molecule has 0 atom stereocenters. The number of halogens is 2. The molecule has 194 valence electrons. The summed E-state index contributed by atoms with van der Waals surface area (Å²) in [6.45, 7) is 0.653. The van der Waals surface area contributed by atoms with Crippen LogP contribution >= 0.6 is 34.5 Å². The molecule has 5 rings (SSSR count). The van der Waals surface area contributed by atoms with Gasteiger partial charge in [-0.25, -0.2) is 13.4 Å². The number of fused-ring (bicyclic) bond motifs is 1. The number of piperidine rings is 1. The number of furan rings is 1. The zero-order chi connectivity index (χ0) is 26.2. The van der Waals surface area contributed by atoms with E-state index in [0.29, 0.717) is 45.0 Å². The van der Waals surface area contributed by atoms with Crippen molar-refractivity contribution < 1.29 is 22.4 Å². The molecule has 0 aliphatic carbocycles. The van der Waals surface area contributed by atoms with Gasteiger partial charge in [0.15, 0.2) is 5.13 Å². The molecule has 2 aromatic carbocycles. The Hall–Kier alpha value is -2.63. The van der Waals surface area contributed by atoms with Gasteiger partial charge in [0.1, 0.15) is 17.0 Å². The van der Waals surface area contributed by atoms with Crippen LogP contribution in [0.1, 0.15) is 18.6 Å². The van der Waals surface area contributed by atoms with Crippen LogP contribution in [0, 0.1) is 5.92 Å². The Labute approximate surface area is 228 Å². The van der Waals surface area contributed by atoms with E-state index in [1.54, 1.807) is 54.7 Å². The number of methoxy groups -OCH3 is 1. The summed E-state index contributed by atoms with van der Waals surface area (Å²) >= 11 is 13.6.